The van der Waals surface area contributed by atoms with Crippen molar-refractivity contribution in [3.8, 4) is 0 Å². The second-order valence-electron chi connectivity index (χ2n) is 5.14. The first-order valence-electron chi connectivity index (χ1n) is 6.53. The number of carboxylic acids is 1. The molecule has 0 radical (unpaired) electrons. The molecule has 0 spiro atoms. The number of likely N-dealkylation sites (tertiary alicyclic amines) is 1. The number of nitrogens with zero attached hydrogens (tertiary/aromatic N) is 1. The third kappa shape index (κ3) is 2.71. The first-order chi connectivity index (χ1) is 9.40. The van der Waals surface area contributed by atoms with Crippen LogP contribution < -0.4 is 0 Å². The van der Waals surface area contributed by atoms with Crippen LogP contribution in [0.25, 0.3) is 0 Å². The Labute approximate surface area is 117 Å². The number of carbonyl (C=O) groups is 3. The normalized spacial score (nSPS) is 18.7. The number of carboxylic acid groups (broad SMARTS) is 1. The van der Waals surface area contributed by atoms with Gasteiger partial charge in [-0.05, 0) is 25.0 Å². The van der Waals surface area contributed by atoms with Gasteiger partial charge in [0, 0.05) is 13.0 Å². The van der Waals surface area contributed by atoms with E-state index in [-0.39, 0.29) is 31.2 Å². The summed E-state index contributed by atoms with van der Waals surface area (Å²) in [4.78, 5) is 35.8. The minimum absolute atomic E-state index is 0.0472. The molecule has 5 nitrogen and oxygen atoms in total. The Kier molecular flexibility index (Phi) is 3.88. The third-order valence-corrected chi connectivity index (χ3v) is 3.59. The Balaban J connectivity index is 2.21. The fourth-order valence-electron chi connectivity index (χ4n) is 2.59. The number of carbonyl (C=O) groups excluding carboxylic acids is 2. The van der Waals surface area contributed by atoms with Gasteiger partial charge in [0.25, 0.3) is 0 Å². The molecule has 1 aromatic carbocycles. The van der Waals surface area contributed by atoms with Gasteiger partial charge in [-0.25, -0.2) is 0 Å². The average molecular weight is 275 g/mol. The van der Waals surface area contributed by atoms with E-state index in [2.05, 4.69) is 0 Å². The second-order valence-corrected chi connectivity index (χ2v) is 5.14. The zero-order chi connectivity index (χ0) is 14.9. The zero-order valence-electron chi connectivity index (χ0n) is 11.5. The van der Waals surface area contributed by atoms with Gasteiger partial charge in [0.05, 0.1) is 12.3 Å². The van der Waals surface area contributed by atoms with Crippen molar-refractivity contribution in [1.29, 1.82) is 0 Å². The highest BCUT2D eigenvalue weighted by Crippen LogP contribution is 2.32. The van der Waals surface area contributed by atoms with Gasteiger partial charge in [-0.1, -0.05) is 23.8 Å². The van der Waals surface area contributed by atoms with E-state index in [0.29, 0.717) is 0 Å². The molecule has 1 fully saturated rings. The van der Waals surface area contributed by atoms with Crippen molar-refractivity contribution < 1.29 is 19.5 Å². The van der Waals surface area contributed by atoms with Crippen LogP contribution in [0.4, 0.5) is 0 Å². The Morgan fingerprint density at radius 2 is 2.05 bits per heavy atom. The van der Waals surface area contributed by atoms with E-state index in [0.717, 1.165) is 21.6 Å². The van der Waals surface area contributed by atoms with Crippen molar-refractivity contribution in [3.63, 3.8) is 0 Å². The summed E-state index contributed by atoms with van der Waals surface area (Å²) in [5.41, 5.74) is 2.94. The van der Waals surface area contributed by atoms with Crippen LogP contribution in [0, 0.1) is 13.8 Å². The number of rotatable bonds is 4. The smallest absolute Gasteiger partial charge is 0.305 e. The van der Waals surface area contributed by atoms with Gasteiger partial charge < -0.3 is 5.11 Å². The van der Waals surface area contributed by atoms with E-state index in [1.807, 2.05) is 32.0 Å². The number of amides is 2. The summed E-state index contributed by atoms with van der Waals surface area (Å²) in [5, 5.41) is 8.65. The van der Waals surface area contributed by atoms with E-state index in [9.17, 15) is 14.4 Å². The summed E-state index contributed by atoms with van der Waals surface area (Å²) >= 11 is 0. The summed E-state index contributed by atoms with van der Waals surface area (Å²) < 4.78 is 0. The maximum atomic E-state index is 12.3. The highest BCUT2D eigenvalue weighted by atomic mass is 16.4. The fourth-order valence-corrected chi connectivity index (χ4v) is 2.59. The number of hydrogen-bond donors (Lipinski definition) is 1. The first-order valence-corrected chi connectivity index (χ1v) is 6.53. The summed E-state index contributed by atoms with van der Waals surface area (Å²) in [6, 6.07) is 5.77. The maximum Gasteiger partial charge on any atom is 0.305 e. The molecule has 5 heteroatoms. The molecule has 1 atom stereocenters. The summed E-state index contributed by atoms with van der Waals surface area (Å²) in [6.07, 6.45) is -0.0839. The standard InChI is InChI=1S/C15H17NO4/c1-9-3-4-11(10(2)7-9)12-8-13(17)16(15(12)20)6-5-14(18)19/h3-4,7,12H,5-6,8H2,1-2H3,(H,18,19). The molecule has 1 aliphatic rings. The molecular formula is C15H17NO4. The molecule has 1 N–H and O–H groups in total. The molecule has 1 saturated heterocycles. The lowest BCUT2D eigenvalue weighted by Gasteiger charge is -2.15. The average Bonchev–Trinajstić information content (AvgIpc) is 2.62. The van der Waals surface area contributed by atoms with Crippen LogP contribution in [0.5, 0.6) is 0 Å². The molecule has 1 aromatic rings. The number of hydrogen-bond acceptors (Lipinski definition) is 3. The molecular weight excluding hydrogens is 258 g/mol. The number of imide groups is 1. The Morgan fingerprint density at radius 3 is 2.65 bits per heavy atom. The Hall–Kier alpha value is -2.17. The summed E-state index contributed by atoms with van der Waals surface area (Å²) in [5.74, 6) is -2.07. The molecule has 0 aliphatic carbocycles. The molecule has 0 saturated carbocycles. The minimum Gasteiger partial charge on any atom is -0.481 e. The molecule has 1 aliphatic heterocycles. The third-order valence-electron chi connectivity index (χ3n) is 3.59. The van der Waals surface area contributed by atoms with Gasteiger partial charge in [0.2, 0.25) is 11.8 Å². The van der Waals surface area contributed by atoms with Gasteiger partial charge in [-0.3, -0.25) is 19.3 Å². The van der Waals surface area contributed by atoms with Crippen LogP contribution in [0.3, 0.4) is 0 Å². The van der Waals surface area contributed by atoms with Gasteiger partial charge in [-0.15, -0.1) is 0 Å². The van der Waals surface area contributed by atoms with E-state index in [4.69, 9.17) is 5.11 Å². The Morgan fingerprint density at radius 1 is 1.35 bits per heavy atom. The van der Waals surface area contributed by atoms with E-state index >= 15 is 0 Å². The quantitative estimate of drug-likeness (QED) is 0.847. The van der Waals surface area contributed by atoms with E-state index < -0.39 is 11.9 Å². The van der Waals surface area contributed by atoms with E-state index in [1.165, 1.54) is 0 Å². The van der Waals surface area contributed by atoms with Gasteiger partial charge >= 0.3 is 5.97 Å². The lowest BCUT2D eigenvalue weighted by molar-refractivity contribution is -0.141. The highest BCUT2D eigenvalue weighted by molar-refractivity contribution is 6.06. The largest absolute Gasteiger partial charge is 0.481 e. The Bertz CT molecular complexity index is 579. The van der Waals surface area contributed by atoms with Crippen LogP contribution in [0.2, 0.25) is 0 Å². The van der Waals surface area contributed by atoms with Crippen LogP contribution in [-0.2, 0) is 14.4 Å². The molecule has 1 unspecified atom stereocenters. The van der Waals surface area contributed by atoms with Gasteiger partial charge in [0.15, 0.2) is 0 Å². The van der Waals surface area contributed by atoms with Crippen molar-refractivity contribution >= 4 is 17.8 Å². The molecule has 106 valence electrons. The predicted octanol–water partition coefficient (Wildman–Crippen LogP) is 1.62. The van der Waals surface area contributed by atoms with Gasteiger partial charge in [0.1, 0.15) is 0 Å². The van der Waals surface area contributed by atoms with E-state index in [1.54, 1.807) is 0 Å². The number of benzene rings is 1. The predicted molar refractivity (Wildman–Crippen MR) is 72.2 cm³/mol. The molecule has 2 rings (SSSR count). The van der Waals surface area contributed by atoms with Crippen LogP contribution in [-0.4, -0.2) is 34.3 Å². The minimum atomic E-state index is -1.01. The highest BCUT2D eigenvalue weighted by Gasteiger charge is 2.39. The molecule has 1 heterocycles. The fraction of sp³-hybridized carbons (Fsp3) is 0.400. The van der Waals surface area contributed by atoms with Crippen molar-refractivity contribution in [2.75, 3.05) is 6.54 Å². The van der Waals surface area contributed by atoms with Crippen molar-refractivity contribution in [2.45, 2.75) is 32.6 Å². The van der Waals surface area contributed by atoms with Crippen LogP contribution >= 0.6 is 0 Å². The van der Waals surface area contributed by atoms with Crippen molar-refractivity contribution in [2.24, 2.45) is 0 Å². The van der Waals surface area contributed by atoms with Crippen molar-refractivity contribution in [3.05, 3.63) is 34.9 Å². The van der Waals surface area contributed by atoms with Crippen molar-refractivity contribution in [1.82, 2.24) is 4.90 Å². The summed E-state index contributed by atoms with van der Waals surface area (Å²) in [7, 11) is 0. The number of aryl methyl sites for hydroxylation is 2. The lowest BCUT2D eigenvalue weighted by Crippen LogP contribution is -2.32. The first kappa shape index (κ1) is 14.2. The summed E-state index contributed by atoms with van der Waals surface area (Å²) in [6.45, 7) is 3.84. The molecule has 0 aromatic heterocycles. The number of aliphatic carboxylic acids is 1. The molecule has 0 bridgehead atoms. The molecule has 20 heavy (non-hydrogen) atoms. The lowest BCUT2D eigenvalue weighted by atomic mass is 9.92. The second kappa shape index (κ2) is 5.45. The maximum absolute atomic E-state index is 12.3. The van der Waals surface area contributed by atoms with Crippen LogP contribution in [0.15, 0.2) is 18.2 Å². The zero-order valence-corrected chi connectivity index (χ0v) is 11.5. The molecule has 2 amide bonds. The topological polar surface area (TPSA) is 74.7 Å². The monoisotopic (exact) mass is 275 g/mol. The van der Waals surface area contributed by atoms with Crippen LogP contribution in [0.1, 0.15) is 35.4 Å². The van der Waals surface area contributed by atoms with Gasteiger partial charge in [-0.2, -0.15) is 0 Å². The SMILES string of the molecule is Cc1ccc(C2CC(=O)N(CCC(=O)O)C2=O)c(C)c1.